The van der Waals surface area contributed by atoms with Crippen molar-refractivity contribution in [3.63, 3.8) is 0 Å². The first kappa shape index (κ1) is 16.6. The summed E-state index contributed by atoms with van der Waals surface area (Å²) in [5.74, 6) is -0.0151. The van der Waals surface area contributed by atoms with Crippen LogP contribution in [0.4, 0.5) is 0 Å². The quantitative estimate of drug-likeness (QED) is 0.697. The van der Waals surface area contributed by atoms with Crippen LogP contribution < -0.4 is 5.32 Å². The van der Waals surface area contributed by atoms with Gasteiger partial charge in [0, 0.05) is 42.3 Å². The van der Waals surface area contributed by atoms with E-state index in [4.69, 9.17) is 0 Å². The van der Waals surface area contributed by atoms with Gasteiger partial charge in [-0.25, -0.2) is 0 Å². The molecule has 1 aromatic heterocycles. The van der Waals surface area contributed by atoms with Gasteiger partial charge in [0.05, 0.1) is 6.04 Å². The molecule has 3 aromatic rings. The summed E-state index contributed by atoms with van der Waals surface area (Å²) in [7, 11) is 0. The van der Waals surface area contributed by atoms with Crippen molar-refractivity contribution in [3.8, 4) is 0 Å². The Morgan fingerprint density at radius 3 is 2.81 bits per heavy atom. The summed E-state index contributed by atoms with van der Waals surface area (Å²) in [5, 5.41) is 4.41. The largest absolute Gasteiger partial charge is 0.361 e. The van der Waals surface area contributed by atoms with Gasteiger partial charge in [-0.1, -0.05) is 48.6 Å². The number of hydrogen-bond donors (Lipinski definition) is 2. The van der Waals surface area contributed by atoms with Crippen LogP contribution in [-0.2, 0) is 6.42 Å². The average molecular weight is 345 g/mol. The molecule has 0 fully saturated rings. The summed E-state index contributed by atoms with van der Waals surface area (Å²) < 4.78 is 0. The fourth-order valence-electron chi connectivity index (χ4n) is 3.52. The van der Waals surface area contributed by atoms with Crippen LogP contribution in [0.5, 0.6) is 0 Å². The highest BCUT2D eigenvalue weighted by Gasteiger charge is 2.18. The zero-order valence-corrected chi connectivity index (χ0v) is 14.7. The van der Waals surface area contributed by atoms with Gasteiger partial charge in [-0.15, -0.1) is 0 Å². The van der Waals surface area contributed by atoms with Crippen molar-refractivity contribution in [1.82, 2.24) is 15.2 Å². The summed E-state index contributed by atoms with van der Waals surface area (Å²) in [5.41, 5.74) is 3.24. The highest BCUT2D eigenvalue weighted by Crippen LogP contribution is 2.18. The predicted molar refractivity (Wildman–Crippen MR) is 105 cm³/mol. The number of para-hydroxylation sites is 1. The fourth-order valence-corrected chi connectivity index (χ4v) is 3.52. The Labute approximate surface area is 153 Å². The van der Waals surface area contributed by atoms with Crippen LogP contribution in [0.3, 0.4) is 0 Å². The van der Waals surface area contributed by atoms with Crippen LogP contribution >= 0.6 is 0 Å². The van der Waals surface area contributed by atoms with E-state index in [0.29, 0.717) is 5.56 Å². The number of benzene rings is 2. The number of amides is 1. The van der Waals surface area contributed by atoms with E-state index in [-0.39, 0.29) is 11.9 Å². The van der Waals surface area contributed by atoms with Gasteiger partial charge in [0.1, 0.15) is 0 Å². The molecular formula is C22H23N3O. The molecule has 1 aliphatic heterocycles. The van der Waals surface area contributed by atoms with Gasteiger partial charge in [0.2, 0.25) is 0 Å². The van der Waals surface area contributed by atoms with Crippen molar-refractivity contribution in [3.05, 3.63) is 84.1 Å². The van der Waals surface area contributed by atoms with E-state index in [1.54, 1.807) is 0 Å². The first-order chi connectivity index (χ1) is 12.8. The number of carbonyl (C=O) groups excluding carboxylic acids is 1. The normalized spacial score (nSPS) is 17.5. The van der Waals surface area contributed by atoms with Crippen molar-refractivity contribution in [2.75, 3.05) is 19.6 Å². The zero-order valence-electron chi connectivity index (χ0n) is 14.7. The number of aromatic amines is 1. The number of nitrogens with zero attached hydrogens (tertiary/aromatic N) is 1. The first-order valence-corrected chi connectivity index (χ1v) is 9.09. The van der Waals surface area contributed by atoms with Crippen molar-refractivity contribution in [1.29, 1.82) is 0 Å². The summed E-state index contributed by atoms with van der Waals surface area (Å²) in [6.07, 6.45) is 7.36. The molecule has 0 aliphatic carbocycles. The van der Waals surface area contributed by atoms with E-state index >= 15 is 0 Å². The van der Waals surface area contributed by atoms with Crippen molar-refractivity contribution >= 4 is 16.8 Å². The molecule has 0 saturated heterocycles. The molecule has 0 spiro atoms. The Bertz CT molecular complexity index is 913. The molecule has 1 aliphatic rings. The smallest absolute Gasteiger partial charge is 0.251 e. The van der Waals surface area contributed by atoms with E-state index < -0.39 is 0 Å². The summed E-state index contributed by atoms with van der Waals surface area (Å²) in [6, 6.07) is 17.9. The lowest BCUT2D eigenvalue weighted by molar-refractivity contribution is 0.0934. The third-order valence-electron chi connectivity index (χ3n) is 4.91. The molecule has 4 heteroatoms. The fraction of sp³-hybridized carbons (Fsp3) is 0.227. The molecule has 1 unspecified atom stereocenters. The van der Waals surface area contributed by atoms with Gasteiger partial charge < -0.3 is 10.3 Å². The molecule has 0 radical (unpaired) electrons. The molecular weight excluding hydrogens is 322 g/mol. The molecule has 2 N–H and O–H groups in total. The number of H-pyrrole nitrogens is 1. The molecule has 1 atom stereocenters. The Morgan fingerprint density at radius 1 is 1.12 bits per heavy atom. The predicted octanol–water partition coefficient (Wildman–Crippen LogP) is 3.38. The summed E-state index contributed by atoms with van der Waals surface area (Å²) >= 11 is 0. The van der Waals surface area contributed by atoms with E-state index in [9.17, 15) is 4.79 Å². The zero-order chi connectivity index (χ0) is 17.8. The maximum absolute atomic E-state index is 12.3. The van der Waals surface area contributed by atoms with Crippen LogP contribution in [0, 0.1) is 0 Å². The highest BCUT2D eigenvalue weighted by molar-refractivity contribution is 5.94. The molecule has 4 rings (SSSR count). The third kappa shape index (κ3) is 3.70. The van der Waals surface area contributed by atoms with Crippen molar-refractivity contribution in [2.24, 2.45) is 0 Å². The van der Waals surface area contributed by atoms with E-state index in [1.807, 2.05) is 30.3 Å². The second kappa shape index (κ2) is 7.58. The van der Waals surface area contributed by atoms with E-state index in [1.165, 1.54) is 16.5 Å². The van der Waals surface area contributed by atoms with Crippen molar-refractivity contribution < 1.29 is 4.79 Å². The number of nitrogens with one attached hydrogen (secondary N) is 2. The number of fused-ring (bicyclic) bond motifs is 1. The topological polar surface area (TPSA) is 48.1 Å². The Balaban J connectivity index is 1.34. The second-order valence-electron chi connectivity index (χ2n) is 6.74. The molecule has 0 bridgehead atoms. The van der Waals surface area contributed by atoms with Crippen LogP contribution in [0.2, 0.25) is 0 Å². The Hall–Kier alpha value is -2.85. The molecule has 0 saturated carbocycles. The summed E-state index contributed by atoms with van der Waals surface area (Å²) in [6.45, 7) is 2.75. The molecule has 4 nitrogen and oxygen atoms in total. The van der Waals surface area contributed by atoms with Crippen LogP contribution in [0.1, 0.15) is 15.9 Å². The Kier molecular flexibility index (Phi) is 4.84. The average Bonchev–Trinajstić information content (AvgIpc) is 3.10. The maximum Gasteiger partial charge on any atom is 0.251 e. The number of carbonyl (C=O) groups is 1. The van der Waals surface area contributed by atoms with Gasteiger partial charge in [0.25, 0.3) is 5.91 Å². The number of hydrogen-bond acceptors (Lipinski definition) is 2. The van der Waals surface area contributed by atoms with Gasteiger partial charge in [-0.05, 0) is 30.2 Å². The van der Waals surface area contributed by atoms with Gasteiger partial charge >= 0.3 is 0 Å². The lowest BCUT2D eigenvalue weighted by Crippen LogP contribution is -2.45. The van der Waals surface area contributed by atoms with E-state index in [2.05, 4.69) is 57.8 Å². The minimum Gasteiger partial charge on any atom is -0.361 e. The van der Waals surface area contributed by atoms with E-state index in [0.717, 1.165) is 26.1 Å². The third-order valence-corrected chi connectivity index (χ3v) is 4.91. The first-order valence-electron chi connectivity index (χ1n) is 9.09. The van der Waals surface area contributed by atoms with Gasteiger partial charge in [-0.3, -0.25) is 9.69 Å². The minimum atomic E-state index is -0.0151. The number of rotatable bonds is 5. The van der Waals surface area contributed by atoms with Crippen LogP contribution in [0.15, 0.2) is 72.9 Å². The molecule has 2 heterocycles. The highest BCUT2D eigenvalue weighted by atomic mass is 16.1. The number of aromatic nitrogens is 1. The molecule has 132 valence electrons. The summed E-state index contributed by atoms with van der Waals surface area (Å²) in [4.78, 5) is 18.1. The lowest BCUT2D eigenvalue weighted by Gasteiger charge is -2.29. The SMILES string of the molecule is O=C(NC1C=CCN(CCc2c[nH]c3ccccc23)C1)c1ccccc1. The second-order valence-corrected chi connectivity index (χ2v) is 6.74. The van der Waals surface area contributed by atoms with Crippen LogP contribution in [-0.4, -0.2) is 41.5 Å². The maximum atomic E-state index is 12.3. The molecule has 1 amide bonds. The standard InChI is InChI=1S/C22H23N3O/c26-22(17-7-2-1-3-8-17)24-19-9-6-13-25(16-19)14-12-18-15-23-21-11-5-4-10-20(18)21/h1-11,15,19,23H,12-14,16H2,(H,24,26). The van der Waals surface area contributed by atoms with Gasteiger partial charge in [0.15, 0.2) is 0 Å². The van der Waals surface area contributed by atoms with Crippen LogP contribution in [0.25, 0.3) is 10.9 Å². The molecule has 2 aromatic carbocycles. The monoisotopic (exact) mass is 345 g/mol. The Morgan fingerprint density at radius 2 is 1.92 bits per heavy atom. The van der Waals surface area contributed by atoms with Crippen molar-refractivity contribution in [2.45, 2.75) is 12.5 Å². The molecule has 26 heavy (non-hydrogen) atoms. The minimum absolute atomic E-state index is 0.0151. The lowest BCUT2D eigenvalue weighted by atomic mass is 10.1. The van der Waals surface area contributed by atoms with Gasteiger partial charge in [-0.2, -0.15) is 0 Å².